The van der Waals surface area contributed by atoms with Crippen molar-refractivity contribution in [3.8, 4) is 0 Å². The van der Waals surface area contributed by atoms with Gasteiger partial charge in [-0.15, -0.1) is 0 Å². The second kappa shape index (κ2) is 4.22. The minimum absolute atomic E-state index is 0.358. The largest absolute Gasteiger partial charge is 0.481 e. The number of aliphatic carboxylic acids is 1. The molecule has 2 N–H and O–H groups in total. The number of carboxylic acid groups (broad SMARTS) is 1. The molecule has 0 bridgehead atoms. The molecular formula is C12H13FO3. The number of halogens is 1. The molecule has 1 aromatic rings. The molecule has 2 rings (SSSR count). The van der Waals surface area contributed by atoms with E-state index in [1.807, 2.05) is 0 Å². The third-order valence-corrected chi connectivity index (χ3v) is 3.19. The summed E-state index contributed by atoms with van der Waals surface area (Å²) in [6.07, 6.45) is 0.309. The normalized spacial score (nSPS) is 29.2. The lowest BCUT2D eigenvalue weighted by Crippen LogP contribution is -2.22. The quantitative estimate of drug-likeness (QED) is 0.804. The fraction of sp³-hybridized carbons (Fsp3) is 0.417. The molecule has 0 saturated heterocycles. The highest BCUT2D eigenvalue weighted by Crippen LogP contribution is 2.39. The van der Waals surface area contributed by atoms with Crippen LogP contribution in [0.5, 0.6) is 0 Å². The summed E-state index contributed by atoms with van der Waals surface area (Å²) < 4.78 is 12.7. The smallest absolute Gasteiger partial charge is 0.307 e. The van der Waals surface area contributed by atoms with Gasteiger partial charge in [0.25, 0.3) is 0 Å². The van der Waals surface area contributed by atoms with Crippen LogP contribution in [-0.2, 0) is 4.79 Å². The van der Waals surface area contributed by atoms with Gasteiger partial charge in [-0.1, -0.05) is 12.1 Å². The van der Waals surface area contributed by atoms with E-state index in [2.05, 4.69) is 0 Å². The topological polar surface area (TPSA) is 57.5 Å². The zero-order valence-electron chi connectivity index (χ0n) is 8.64. The van der Waals surface area contributed by atoms with Crippen molar-refractivity contribution < 1.29 is 19.4 Å². The molecule has 0 radical (unpaired) electrons. The van der Waals surface area contributed by atoms with Gasteiger partial charge in [0.05, 0.1) is 12.0 Å². The molecule has 1 saturated carbocycles. The standard InChI is InChI=1S/C12H13FO3/c13-8-3-1-7(2-4-8)11-9(12(15)16)5-6-10(11)14/h1-4,9-11,14H,5-6H2,(H,15,16)/t9-,10+,11?/m1/s1. The van der Waals surface area contributed by atoms with Crippen LogP contribution < -0.4 is 0 Å². The average molecular weight is 224 g/mol. The maximum atomic E-state index is 12.7. The Morgan fingerprint density at radius 2 is 1.88 bits per heavy atom. The van der Waals surface area contributed by atoms with E-state index < -0.39 is 23.9 Å². The summed E-state index contributed by atoms with van der Waals surface area (Å²) in [6, 6.07) is 5.67. The number of carbonyl (C=O) groups is 1. The summed E-state index contributed by atoms with van der Waals surface area (Å²) in [6.45, 7) is 0. The van der Waals surface area contributed by atoms with Crippen LogP contribution in [0, 0.1) is 11.7 Å². The molecule has 16 heavy (non-hydrogen) atoms. The maximum Gasteiger partial charge on any atom is 0.307 e. The highest BCUT2D eigenvalue weighted by molar-refractivity contribution is 5.72. The first kappa shape index (κ1) is 11.1. The lowest BCUT2D eigenvalue weighted by Gasteiger charge is -2.19. The zero-order chi connectivity index (χ0) is 11.7. The van der Waals surface area contributed by atoms with Gasteiger partial charge in [-0.3, -0.25) is 4.79 Å². The second-order valence-corrected chi connectivity index (χ2v) is 4.17. The van der Waals surface area contributed by atoms with E-state index in [0.717, 1.165) is 0 Å². The Kier molecular flexibility index (Phi) is 2.92. The Hall–Kier alpha value is -1.42. The molecule has 3 atom stereocenters. The van der Waals surface area contributed by atoms with E-state index in [1.54, 1.807) is 12.1 Å². The first-order valence-electron chi connectivity index (χ1n) is 5.26. The van der Waals surface area contributed by atoms with Crippen molar-refractivity contribution in [2.75, 3.05) is 0 Å². The third-order valence-electron chi connectivity index (χ3n) is 3.19. The molecule has 0 aliphatic heterocycles. The van der Waals surface area contributed by atoms with Gasteiger partial charge in [0.15, 0.2) is 0 Å². The van der Waals surface area contributed by atoms with Gasteiger partial charge < -0.3 is 10.2 Å². The van der Waals surface area contributed by atoms with Crippen molar-refractivity contribution in [1.82, 2.24) is 0 Å². The first-order chi connectivity index (χ1) is 7.59. The summed E-state index contributed by atoms with van der Waals surface area (Å²) in [4.78, 5) is 11.0. The Bertz CT molecular complexity index is 388. The summed E-state index contributed by atoms with van der Waals surface area (Å²) in [7, 11) is 0. The summed E-state index contributed by atoms with van der Waals surface area (Å²) >= 11 is 0. The summed E-state index contributed by atoms with van der Waals surface area (Å²) in [5.41, 5.74) is 0.693. The molecule has 3 nitrogen and oxygen atoms in total. The molecule has 1 aliphatic rings. The van der Waals surface area contributed by atoms with Crippen molar-refractivity contribution >= 4 is 5.97 Å². The third kappa shape index (κ3) is 1.93. The molecule has 0 spiro atoms. The Balaban J connectivity index is 2.29. The molecule has 1 aliphatic carbocycles. The average Bonchev–Trinajstić information content (AvgIpc) is 2.62. The van der Waals surface area contributed by atoms with Crippen LogP contribution in [0.1, 0.15) is 24.3 Å². The molecule has 4 heteroatoms. The summed E-state index contributed by atoms with van der Waals surface area (Å²) in [5, 5.41) is 18.8. The van der Waals surface area contributed by atoms with E-state index in [0.29, 0.717) is 18.4 Å². The van der Waals surface area contributed by atoms with Crippen molar-refractivity contribution in [2.24, 2.45) is 5.92 Å². The minimum atomic E-state index is -0.897. The lowest BCUT2D eigenvalue weighted by molar-refractivity contribution is -0.142. The van der Waals surface area contributed by atoms with Crippen molar-refractivity contribution in [1.29, 1.82) is 0 Å². The second-order valence-electron chi connectivity index (χ2n) is 4.17. The molecule has 1 unspecified atom stereocenters. The molecule has 1 aromatic carbocycles. The molecule has 1 fully saturated rings. The number of carboxylic acids is 1. The molecule has 86 valence electrons. The number of benzene rings is 1. The summed E-state index contributed by atoms with van der Waals surface area (Å²) in [5.74, 6) is -2.24. The van der Waals surface area contributed by atoms with Gasteiger partial charge in [-0.2, -0.15) is 0 Å². The molecule has 0 heterocycles. The van der Waals surface area contributed by atoms with Crippen LogP contribution in [0.25, 0.3) is 0 Å². The monoisotopic (exact) mass is 224 g/mol. The van der Waals surface area contributed by atoms with Gasteiger partial charge in [0.1, 0.15) is 5.82 Å². The number of hydrogen-bond donors (Lipinski definition) is 2. The van der Waals surface area contributed by atoms with Crippen LogP contribution in [0.3, 0.4) is 0 Å². The zero-order valence-corrected chi connectivity index (χ0v) is 8.64. The maximum absolute atomic E-state index is 12.7. The van der Waals surface area contributed by atoms with E-state index in [-0.39, 0.29) is 5.82 Å². The number of hydrogen-bond acceptors (Lipinski definition) is 2. The van der Waals surface area contributed by atoms with Gasteiger partial charge in [-0.25, -0.2) is 4.39 Å². The first-order valence-corrected chi connectivity index (χ1v) is 5.26. The molecular weight excluding hydrogens is 211 g/mol. The van der Waals surface area contributed by atoms with Crippen LogP contribution >= 0.6 is 0 Å². The van der Waals surface area contributed by atoms with Gasteiger partial charge in [0, 0.05) is 5.92 Å². The van der Waals surface area contributed by atoms with Crippen molar-refractivity contribution in [3.63, 3.8) is 0 Å². The predicted octanol–water partition coefficient (Wildman–Crippen LogP) is 1.76. The molecule has 0 amide bonds. The SMILES string of the molecule is O=C(O)[C@@H]1CC[C@H](O)C1c1ccc(F)cc1. The van der Waals surface area contributed by atoms with Crippen LogP contribution in [0.2, 0.25) is 0 Å². The minimum Gasteiger partial charge on any atom is -0.481 e. The van der Waals surface area contributed by atoms with Gasteiger partial charge >= 0.3 is 5.97 Å². The van der Waals surface area contributed by atoms with Crippen molar-refractivity contribution in [2.45, 2.75) is 24.9 Å². The van der Waals surface area contributed by atoms with Crippen LogP contribution in [0.15, 0.2) is 24.3 Å². The van der Waals surface area contributed by atoms with Crippen molar-refractivity contribution in [3.05, 3.63) is 35.6 Å². The van der Waals surface area contributed by atoms with Crippen LogP contribution in [-0.4, -0.2) is 22.3 Å². The predicted molar refractivity (Wildman–Crippen MR) is 55.5 cm³/mol. The number of aliphatic hydroxyl groups excluding tert-OH is 1. The highest BCUT2D eigenvalue weighted by atomic mass is 19.1. The molecule has 0 aromatic heterocycles. The Labute approximate surface area is 92.5 Å². The Morgan fingerprint density at radius 1 is 1.25 bits per heavy atom. The van der Waals surface area contributed by atoms with E-state index in [9.17, 15) is 14.3 Å². The van der Waals surface area contributed by atoms with Crippen LogP contribution in [0.4, 0.5) is 4.39 Å². The van der Waals surface area contributed by atoms with Gasteiger partial charge in [-0.05, 0) is 30.5 Å². The van der Waals surface area contributed by atoms with E-state index in [4.69, 9.17) is 5.11 Å². The van der Waals surface area contributed by atoms with E-state index in [1.165, 1.54) is 12.1 Å². The fourth-order valence-corrected chi connectivity index (χ4v) is 2.39. The Morgan fingerprint density at radius 3 is 2.44 bits per heavy atom. The number of rotatable bonds is 2. The van der Waals surface area contributed by atoms with Gasteiger partial charge in [0.2, 0.25) is 0 Å². The lowest BCUT2D eigenvalue weighted by atomic mass is 9.88. The van der Waals surface area contributed by atoms with E-state index >= 15 is 0 Å². The highest BCUT2D eigenvalue weighted by Gasteiger charge is 2.40. The number of aliphatic hydroxyl groups is 1. The fourth-order valence-electron chi connectivity index (χ4n) is 2.39.